The Morgan fingerprint density at radius 3 is 2.69 bits per heavy atom. The van der Waals surface area contributed by atoms with Crippen molar-refractivity contribution in [2.45, 2.75) is 19.9 Å². The zero-order chi connectivity index (χ0) is 11.8. The smallest absolute Gasteiger partial charge is 0.236 e. The lowest BCUT2D eigenvalue weighted by Gasteiger charge is -2.21. The van der Waals surface area contributed by atoms with Crippen LogP contribution in [0.4, 0.5) is 0 Å². The molecule has 1 amide bonds. The molecule has 3 heteroatoms. The van der Waals surface area contributed by atoms with Gasteiger partial charge in [0.15, 0.2) is 0 Å². The van der Waals surface area contributed by atoms with Crippen LogP contribution in [0.3, 0.4) is 0 Å². The van der Waals surface area contributed by atoms with Crippen molar-refractivity contribution in [2.75, 3.05) is 6.54 Å². The number of carbonyl (C=O) groups is 1. The fourth-order valence-corrected chi connectivity index (χ4v) is 1.36. The van der Waals surface area contributed by atoms with Crippen LogP contribution in [0, 0.1) is 0 Å². The Morgan fingerprint density at radius 1 is 1.44 bits per heavy atom. The minimum atomic E-state index is 0.0795. The molecule has 3 nitrogen and oxygen atoms in total. The van der Waals surface area contributed by atoms with Crippen molar-refractivity contribution in [3.63, 3.8) is 0 Å². The third-order valence-electron chi connectivity index (χ3n) is 2.23. The fourth-order valence-electron chi connectivity index (χ4n) is 1.36. The van der Waals surface area contributed by atoms with E-state index in [0.29, 0.717) is 19.5 Å². The lowest BCUT2D eigenvalue weighted by molar-refractivity contribution is -0.133. The topological polar surface area (TPSA) is 32.3 Å². The molecule has 0 saturated carbocycles. The maximum atomic E-state index is 11.5. The van der Waals surface area contributed by atoms with E-state index in [1.807, 2.05) is 37.3 Å². The quantitative estimate of drug-likeness (QED) is 0.586. The maximum absolute atomic E-state index is 11.5. The van der Waals surface area contributed by atoms with Gasteiger partial charge in [-0.25, -0.2) is 5.43 Å². The lowest BCUT2D eigenvalue weighted by Crippen LogP contribution is -2.42. The predicted octanol–water partition coefficient (Wildman–Crippen LogP) is 2.12. The van der Waals surface area contributed by atoms with Gasteiger partial charge in [0.1, 0.15) is 0 Å². The average molecular weight is 218 g/mol. The molecule has 1 rings (SSSR count). The number of rotatable bonds is 6. The summed E-state index contributed by atoms with van der Waals surface area (Å²) in [4.78, 5) is 11.5. The van der Waals surface area contributed by atoms with Gasteiger partial charge in [-0.05, 0) is 5.56 Å². The van der Waals surface area contributed by atoms with Crippen LogP contribution in [0.2, 0.25) is 0 Å². The summed E-state index contributed by atoms with van der Waals surface area (Å²) in [7, 11) is 0. The summed E-state index contributed by atoms with van der Waals surface area (Å²) in [6.07, 6.45) is 2.21. The van der Waals surface area contributed by atoms with Crippen molar-refractivity contribution in [1.29, 1.82) is 0 Å². The molecular weight excluding hydrogens is 200 g/mol. The van der Waals surface area contributed by atoms with Crippen LogP contribution in [0.25, 0.3) is 0 Å². The Balaban J connectivity index is 2.50. The Bertz CT molecular complexity index is 335. The summed E-state index contributed by atoms with van der Waals surface area (Å²) in [5.74, 6) is 0.0795. The Kier molecular flexibility index (Phi) is 5.29. The molecule has 0 atom stereocenters. The summed E-state index contributed by atoms with van der Waals surface area (Å²) in [6.45, 7) is 6.67. The molecule has 0 unspecified atom stereocenters. The van der Waals surface area contributed by atoms with Crippen LogP contribution in [0.5, 0.6) is 0 Å². The van der Waals surface area contributed by atoms with Gasteiger partial charge in [-0.3, -0.25) is 9.80 Å². The number of amides is 1. The predicted molar refractivity (Wildman–Crippen MR) is 65.5 cm³/mol. The van der Waals surface area contributed by atoms with Crippen LogP contribution in [0.15, 0.2) is 43.0 Å². The first-order chi connectivity index (χ1) is 7.77. The molecule has 0 spiro atoms. The molecule has 1 N–H and O–H groups in total. The first-order valence-electron chi connectivity index (χ1n) is 5.46. The van der Waals surface area contributed by atoms with E-state index in [2.05, 4.69) is 12.0 Å². The molecule has 86 valence electrons. The summed E-state index contributed by atoms with van der Waals surface area (Å²) >= 11 is 0. The number of hydrazine groups is 1. The van der Waals surface area contributed by atoms with Gasteiger partial charge in [-0.15, -0.1) is 6.58 Å². The SMILES string of the molecule is C=CCN(NCc1ccccc1)C(=O)CC. The maximum Gasteiger partial charge on any atom is 0.236 e. The third-order valence-corrected chi connectivity index (χ3v) is 2.23. The molecule has 0 aliphatic heterocycles. The average Bonchev–Trinajstić information content (AvgIpc) is 2.34. The van der Waals surface area contributed by atoms with Gasteiger partial charge < -0.3 is 0 Å². The zero-order valence-corrected chi connectivity index (χ0v) is 9.65. The van der Waals surface area contributed by atoms with E-state index in [-0.39, 0.29) is 5.91 Å². The van der Waals surface area contributed by atoms with Crippen molar-refractivity contribution in [2.24, 2.45) is 0 Å². The van der Waals surface area contributed by atoms with Gasteiger partial charge in [0, 0.05) is 13.0 Å². The van der Waals surface area contributed by atoms with Gasteiger partial charge in [-0.2, -0.15) is 0 Å². The highest BCUT2D eigenvalue weighted by molar-refractivity contribution is 5.75. The van der Waals surface area contributed by atoms with Crippen LogP contribution in [0.1, 0.15) is 18.9 Å². The molecule has 1 aromatic rings. The van der Waals surface area contributed by atoms with E-state index in [1.54, 1.807) is 11.1 Å². The first-order valence-corrected chi connectivity index (χ1v) is 5.46. The van der Waals surface area contributed by atoms with Crippen LogP contribution in [-0.4, -0.2) is 17.5 Å². The summed E-state index contributed by atoms with van der Waals surface area (Å²) in [5.41, 5.74) is 4.25. The molecule has 0 heterocycles. The number of carbonyl (C=O) groups excluding carboxylic acids is 1. The highest BCUT2D eigenvalue weighted by atomic mass is 16.2. The molecule has 0 saturated heterocycles. The van der Waals surface area contributed by atoms with Crippen molar-refractivity contribution in [1.82, 2.24) is 10.4 Å². The second-order valence-corrected chi connectivity index (χ2v) is 3.47. The van der Waals surface area contributed by atoms with E-state index >= 15 is 0 Å². The van der Waals surface area contributed by atoms with Gasteiger partial charge in [0.2, 0.25) is 5.91 Å². The number of hydrogen-bond acceptors (Lipinski definition) is 2. The van der Waals surface area contributed by atoms with E-state index in [9.17, 15) is 4.79 Å². The molecule has 0 fully saturated rings. The number of hydrogen-bond donors (Lipinski definition) is 1. The normalized spacial score (nSPS) is 9.81. The lowest BCUT2D eigenvalue weighted by atomic mass is 10.2. The molecule has 0 radical (unpaired) electrons. The van der Waals surface area contributed by atoms with Crippen molar-refractivity contribution in [3.8, 4) is 0 Å². The Morgan fingerprint density at radius 2 is 2.12 bits per heavy atom. The zero-order valence-electron chi connectivity index (χ0n) is 9.65. The standard InChI is InChI=1S/C13H18N2O/c1-3-10-15(13(16)4-2)14-11-12-8-6-5-7-9-12/h3,5-9,14H,1,4,10-11H2,2H3. The molecule has 0 aromatic heterocycles. The van der Waals surface area contributed by atoms with Gasteiger partial charge >= 0.3 is 0 Å². The largest absolute Gasteiger partial charge is 0.274 e. The number of benzene rings is 1. The third kappa shape index (κ3) is 3.87. The Hall–Kier alpha value is -1.61. The number of nitrogens with one attached hydrogen (secondary N) is 1. The van der Waals surface area contributed by atoms with Crippen LogP contribution < -0.4 is 5.43 Å². The van der Waals surface area contributed by atoms with Crippen LogP contribution in [-0.2, 0) is 11.3 Å². The Labute approximate surface area is 96.7 Å². The van der Waals surface area contributed by atoms with Gasteiger partial charge in [-0.1, -0.05) is 43.3 Å². The minimum Gasteiger partial charge on any atom is -0.274 e. The molecule has 0 bridgehead atoms. The van der Waals surface area contributed by atoms with Crippen molar-refractivity contribution >= 4 is 5.91 Å². The van der Waals surface area contributed by atoms with E-state index in [0.717, 1.165) is 5.56 Å². The van der Waals surface area contributed by atoms with Crippen molar-refractivity contribution in [3.05, 3.63) is 48.6 Å². The second-order valence-electron chi connectivity index (χ2n) is 3.47. The van der Waals surface area contributed by atoms with E-state index < -0.39 is 0 Å². The minimum absolute atomic E-state index is 0.0795. The monoisotopic (exact) mass is 218 g/mol. The highest BCUT2D eigenvalue weighted by Gasteiger charge is 2.08. The molecule has 16 heavy (non-hydrogen) atoms. The summed E-state index contributed by atoms with van der Waals surface area (Å²) < 4.78 is 0. The molecular formula is C13H18N2O. The van der Waals surface area contributed by atoms with Crippen LogP contribution >= 0.6 is 0 Å². The fraction of sp³-hybridized carbons (Fsp3) is 0.308. The highest BCUT2D eigenvalue weighted by Crippen LogP contribution is 1.99. The molecule has 0 aliphatic rings. The first kappa shape index (κ1) is 12.5. The van der Waals surface area contributed by atoms with Crippen molar-refractivity contribution < 1.29 is 4.79 Å². The van der Waals surface area contributed by atoms with E-state index in [4.69, 9.17) is 0 Å². The molecule has 1 aromatic carbocycles. The van der Waals surface area contributed by atoms with Gasteiger partial charge in [0.25, 0.3) is 0 Å². The summed E-state index contributed by atoms with van der Waals surface area (Å²) in [6, 6.07) is 9.99. The second kappa shape index (κ2) is 6.80. The number of nitrogens with zero attached hydrogens (tertiary/aromatic N) is 1. The summed E-state index contributed by atoms with van der Waals surface area (Å²) in [5, 5.41) is 1.60. The van der Waals surface area contributed by atoms with E-state index in [1.165, 1.54) is 0 Å². The van der Waals surface area contributed by atoms with Gasteiger partial charge in [0.05, 0.1) is 6.54 Å². The molecule has 0 aliphatic carbocycles.